The lowest BCUT2D eigenvalue weighted by molar-refractivity contribution is 0.0636. The monoisotopic (exact) mass is 378 g/mol. The van der Waals surface area contributed by atoms with Crippen LogP contribution in [0.3, 0.4) is 0 Å². The first kappa shape index (κ1) is 18.1. The van der Waals surface area contributed by atoms with Gasteiger partial charge in [0.25, 0.3) is 0 Å². The molecule has 0 aliphatic carbocycles. The van der Waals surface area contributed by atoms with E-state index >= 15 is 0 Å². The maximum Gasteiger partial charge on any atom is 0.204 e. The Morgan fingerprint density at radius 1 is 0.926 bits per heavy atom. The van der Waals surface area contributed by atoms with E-state index in [1.807, 2.05) is 41.1 Å². The number of rotatable bonds is 4. The summed E-state index contributed by atoms with van der Waals surface area (Å²) in [5.74, 6) is 0.893. The van der Waals surface area contributed by atoms with E-state index in [4.69, 9.17) is 17.3 Å². The van der Waals surface area contributed by atoms with Crippen LogP contribution in [0.1, 0.15) is 33.1 Å². The summed E-state index contributed by atoms with van der Waals surface area (Å²) in [4.78, 5) is 2.52. The lowest BCUT2D eigenvalue weighted by atomic mass is 9.98. The van der Waals surface area contributed by atoms with Gasteiger partial charge in [0.05, 0.1) is 6.67 Å². The Morgan fingerprint density at radius 2 is 1.52 bits per heavy atom. The van der Waals surface area contributed by atoms with Crippen LogP contribution in [0.4, 0.5) is 0 Å². The number of piperidine rings is 1. The van der Waals surface area contributed by atoms with Crippen molar-refractivity contribution in [3.63, 3.8) is 0 Å². The second-order valence-corrected chi connectivity index (χ2v) is 7.79. The Hall–Kier alpha value is -2.24. The van der Waals surface area contributed by atoms with Crippen LogP contribution in [-0.2, 0) is 6.67 Å². The molecule has 0 amide bonds. The first-order valence-electron chi connectivity index (χ1n) is 9.71. The molecule has 1 aliphatic heterocycles. The summed E-state index contributed by atoms with van der Waals surface area (Å²) < 4.78 is 4.82. The minimum absolute atomic E-state index is 0.553. The minimum atomic E-state index is 0.553. The third-order valence-electron chi connectivity index (χ3n) is 5.56. The van der Waals surface area contributed by atoms with E-state index < -0.39 is 0 Å². The first-order valence-corrected chi connectivity index (χ1v) is 10.1. The van der Waals surface area contributed by atoms with Crippen molar-refractivity contribution >= 4 is 12.2 Å². The molecule has 0 bridgehead atoms. The van der Waals surface area contributed by atoms with Gasteiger partial charge in [0.1, 0.15) is 0 Å². The molecule has 1 fully saturated rings. The molecule has 0 saturated carbocycles. The Kier molecular flexibility index (Phi) is 5.23. The van der Waals surface area contributed by atoms with Crippen LogP contribution < -0.4 is 0 Å². The highest BCUT2D eigenvalue weighted by molar-refractivity contribution is 7.71. The Balaban J connectivity index is 1.80. The highest BCUT2D eigenvalue weighted by atomic mass is 32.1. The molecule has 1 saturated heterocycles. The van der Waals surface area contributed by atoms with Gasteiger partial charge in [0.15, 0.2) is 5.82 Å². The van der Waals surface area contributed by atoms with E-state index in [0.29, 0.717) is 12.1 Å². The molecule has 1 aliphatic rings. The average Bonchev–Trinajstić information content (AvgIpc) is 3.02. The van der Waals surface area contributed by atoms with Gasteiger partial charge in [0, 0.05) is 23.3 Å². The van der Waals surface area contributed by atoms with Gasteiger partial charge < -0.3 is 0 Å². The number of aromatic nitrogens is 3. The van der Waals surface area contributed by atoms with E-state index in [0.717, 1.165) is 28.5 Å². The fourth-order valence-corrected chi connectivity index (χ4v) is 4.28. The molecule has 4 nitrogen and oxygen atoms in total. The van der Waals surface area contributed by atoms with Crippen LogP contribution >= 0.6 is 12.2 Å². The summed E-state index contributed by atoms with van der Waals surface area (Å²) in [6, 6.07) is 21.7. The second kappa shape index (κ2) is 7.79. The van der Waals surface area contributed by atoms with Gasteiger partial charge in [-0.05, 0) is 51.0 Å². The molecule has 4 rings (SSSR count). The lowest BCUT2D eigenvalue weighted by Gasteiger charge is -2.38. The van der Waals surface area contributed by atoms with Gasteiger partial charge in [-0.3, -0.25) is 9.47 Å². The number of nitrogens with zero attached hydrogens (tertiary/aromatic N) is 4. The van der Waals surface area contributed by atoms with Crippen molar-refractivity contribution in [3.8, 4) is 17.1 Å². The number of para-hydroxylation sites is 1. The fraction of sp³-hybridized carbons (Fsp3) is 0.364. The maximum atomic E-state index is 5.88. The zero-order chi connectivity index (χ0) is 18.8. The van der Waals surface area contributed by atoms with Crippen molar-refractivity contribution in [2.75, 3.05) is 0 Å². The molecule has 1 aromatic heterocycles. The quantitative estimate of drug-likeness (QED) is 0.577. The van der Waals surface area contributed by atoms with Gasteiger partial charge in [-0.1, -0.05) is 55.0 Å². The van der Waals surface area contributed by atoms with Crippen molar-refractivity contribution < 1.29 is 0 Å². The standard InChI is InChI=1S/C22H26N4S/c1-17-10-9-11-18(2)24(17)16-25-22(27)26(20-14-7-4-8-15-20)21(23-25)19-12-5-3-6-13-19/h3-8,12-15,17-18H,9-11,16H2,1-2H3/t17-,18-/m0/s1. The molecule has 27 heavy (non-hydrogen) atoms. The second-order valence-electron chi connectivity index (χ2n) is 7.43. The van der Waals surface area contributed by atoms with Crippen LogP contribution in [0.5, 0.6) is 0 Å². The fourth-order valence-electron chi connectivity index (χ4n) is 3.99. The Morgan fingerprint density at radius 3 is 2.15 bits per heavy atom. The van der Waals surface area contributed by atoms with E-state index in [1.165, 1.54) is 19.3 Å². The Labute approximate surface area is 166 Å². The molecule has 5 heteroatoms. The maximum absolute atomic E-state index is 5.88. The van der Waals surface area contributed by atoms with Gasteiger partial charge in [-0.2, -0.15) is 0 Å². The lowest BCUT2D eigenvalue weighted by Crippen LogP contribution is -2.44. The zero-order valence-corrected chi connectivity index (χ0v) is 16.8. The van der Waals surface area contributed by atoms with E-state index in [1.54, 1.807) is 0 Å². The number of benzene rings is 2. The third kappa shape index (κ3) is 3.62. The average molecular weight is 379 g/mol. The highest BCUT2D eigenvalue weighted by Gasteiger charge is 2.26. The van der Waals surface area contributed by atoms with Gasteiger partial charge in [-0.15, -0.1) is 5.10 Å². The molecule has 0 spiro atoms. The predicted octanol–water partition coefficient (Wildman–Crippen LogP) is 5.29. The van der Waals surface area contributed by atoms with Crippen molar-refractivity contribution in [1.29, 1.82) is 0 Å². The number of hydrogen-bond donors (Lipinski definition) is 0. The largest absolute Gasteiger partial charge is 0.279 e. The van der Waals surface area contributed by atoms with E-state index in [-0.39, 0.29) is 0 Å². The molecule has 2 heterocycles. The van der Waals surface area contributed by atoms with Crippen molar-refractivity contribution in [2.24, 2.45) is 0 Å². The molecule has 0 unspecified atom stereocenters. The number of likely N-dealkylation sites (tertiary alicyclic amines) is 1. The van der Waals surface area contributed by atoms with Crippen molar-refractivity contribution in [3.05, 3.63) is 65.4 Å². The van der Waals surface area contributed by atoms with Gasteiger partial charge in [0.2, 0.25) is 4.77 Å². The van der Waals surface area contributed by atoms with E-state index in [9.17, 15) is 0 Å². The Bertz CT molecular complexity index is 935. The van der Waals surface area contributed by atoms with Crippen molar-refractivity contribution in [2.45, 2.75) is 51.9 Å². The van der Waals surface area contributed by atoms with Gasteiger partial charge >= 0.3 is 0 Å². The molecule has 0 radical (unpaired) electrons. The normalized spacial score (nSPS) is 20.7. The van der Waals surface area contributed by atoms with Crippen LogP contribution in [0, 0.1) is 4.77 Å². The summed E-state index contributed by atoms with van der Waals surface area (Å²) in [5.41, 5.74) is 2.12. The summed E-state index contributed by atoms with van der Waals surface area (Å²) in [7, 11) is 0. The van der Waals surface area contributed by atoms with Crippen LogP contribution in [0.25, 0.3) is 17.1 Å². The molecule has 3 aromatic rings. The summed E-state index contributed by atoms with van der Waals surface area (Å²) >= 11 is 5.88. The molecular weight excluding hydrogens is 352 g/mol. The predicted molar refractivity (Wildman–Crippen MR) is 112 cm³/mol. The molecular formula is C22H26N4S. The third-order valence-corrected chi connectivity index (χ3v) is 5.95. The first-order chi connectivity index (χ1) is 13.1. The smallest absolute Gasteiger partial charge is 0.204 e. The zero-order valence-electron chi connectivity index (χ0n) is 16.0. The number of hydrogen-bond acceptors (Lipinski definition) is 3. The van der Waals surface area contributed by atoms with Crippen LogP contribution in [0.2, 0.25) is 0 Å². The molecule has 0 N–H and O–H groups in total. The van der Waals surface area contributed by atoms with Gasteiger partial charge in [-0.25, -0.2) is 4.68 Å². The molecule has 2 atom stereocenters. The molecule has 140 valence electrons. The minimum Gasteiger partial charge on any atom is -0.279 e. The van der Waals surface area contributed by atoms with Crippen molar-refractivity contribution in [1.82, 2.24) is 19.2 Å². The van der Waals surface area contributed by atoms with E-state index in [2.05, 4.69) is 47.6 Å². The topological polar surface area (TPSA) is 26.0 Å². The van der Waals surface area contributed by atoms with Crippen LogP contribution in [0.15, 0.2) is 60.7 Å². The summed E-state index contributed by atoms with van der Waals surface area (Å²) in [5, 5.41) is 4.95. The summed E-state index contributed by atoms with van der Waals surface area (Å²) in [6.07, 6.45) is 3.78. The summed E-state index contributed by atoms with van der Waals surface area (Å²) in [6.45, 7) is 5.36. The SMILES string of the molecule is C[C@H]1CCC[C@H](C)N1Cn1nc(-c2ccccc2)n(-c2ccccc2)c1=S. The molecule has 2 aromatic carbocycles. The van der Waals surface area contributed by atoms with Crippen LogP contribution in [-0.4, -0.2) is 31.3 Å². The highest BCUT2D eigenvalue weighted by Crippen LogP contribution is 2.26.